The van der Waals surface area contributed by atoms with Crippen molar-refractivity contribution in [2.45, 2.75) is 43.7 Å². The molecule has 0 aliphatic heterocycles. The Kier molecular flexibility index (Phi) is 3.31. The molecular weight excluding hydrogens is 258 g/mol. The molecule has 0 saturated heterocycles. The van der Waals surface area contributed by atoms with Gasteiger partial charge in [-0.25, -0.2) is 9.97 Å². The Labute approximate surface area is 116 Å². The van der Waals surface area contributed by atoms with E-state index in [0.29, 0.717) is 11.6 Å². The highest BCUT2D eigenvalue weighted by Gasteiger charge is 2.23. The maximum atomic E-state index is 11.6. The van der Waals surface area contributed by atoms with E-state index in [9.17, 15) is 4.79 Å². The number of aromatic amines is 1. The zero-order valence-corrected chi connectivity index (χ0v) is 12.0. The summed E-state index contributed by atoms with van der Waals surface area (Å²) in [6, 6.07) is 1.64. The number of aryl methyl sites for hydroxylation is 1. The zero-order valence-electron chi connectivity index (χ0n) is 11.2. The minimum absolute atomic E-state index is 0.0897. The molecule has 100 valence electrons. The highest BCUT2D eigenvalue weighted by atomic mass is 32.2. The standard InChI is InChI=1S/C14H17N3OS/c1-8-7-10(18)15-13-11(8)12(9-5-3-4-6-9)16-14(17-13)19-2/h7,9H,3-6H2,1-2H3,(H,15,16,17,18). The molecule has 3 rings (SSSR count). The molecular formula is C14H17N3OS. The van der Waals surface area contributed by atoms with Gasteiger partial charge in [0.1, 0.15) is 5.65 Å². The monoisotopic (exact) mass is 275 g/mol. The molecule has 0 radical (unpaired) electrons. The highest BCUT2D eigenvalue weighted by Crippen LogP contribution is 2.37. The number of pyridine rings is 1. The van der Waals surface area contributed by atoms with Crippen LogP contribution in [0.1, 0.15) is 42.9 Å². The van der Waals surface area contributed by atoms with Gasteiger partial charge in [0.15, 0.2) is 5.16 Å². The zero-order chi connectivity index (χ0) is 13.4. The molecule has 0 spiro atoms. The third-order valence-electron chi connectivity index (χ3n) is 3.82. The van der Waals surface area contributed by atoms with Gasteiger partial charge in [-0.2, -0.15) is 0 Å². The molecule has 0 bridgehead atoms. The average molecular weight is 275 g/mol. The first-order chi connectivity index (χ1) is 9.19. The fourth-order valence-electron chi connectivity index (χ4n) is 2.94. The minimum atomic E-state index is -0.0897. The van der Waals surface area contributed by atoms with Crippen molar-refractivity contribution in [1.82, 2.24) is 15.0 Å². The first-order valence-electron chi connectivity index (χ1n) is 6.64. The van der Waals surface area contributed by atoms with Crippen molar-refractivity contribution in [2.75, 3.05) is 6.26 Å². The highest BCUT2D eigenvalue weighted by molar-refractivity contribution is 7.98. The molecule has 1 fully saturated rings. The van der Waals surface area contributed by atoms with Gasteiger partial charge in [0.05, 0.1) is 5.69 Å². The number of fused-ring (bicyclic) bond motifs is 1. The Bertz CT molecular complexity index is 674. The van der Waals surface area contributed by atoms with Crippen molar-refractivity contribution in [1.29, 1.82) is 0 Å². The van der Waals surface area contributed by atoms with E-state index in [1.54, 1.807) is 6.07 Å². The molecule has 19 heavy (non-hydrogen) atoms. The van der Waals surface area contributed by atoms with Crippen molar-refractivity contribution < 1.29 is 0 Å². The van der Waals surface area contributed by atoms with E-state index in [-0.39, 0.29) is 5.56 Å². The Hall–Kier alpha value is -1.36. The van der Waals surface area contributed by atoms with Crippen molar-refractivity contribution in [3.05, 3.63) is 27.7 Å². The predicted octanol–water partition coefficient (Wildman–Crippen LogP) is 3.01. The summed E-state index contributed by atoms with van der Waals surface area (Å²) >= 11 is 1.52. The van der Waals surface area contributed by atoms with Gasteiger partial charge in [-0.1, -0.05) is 24.6 Å². The maximum Gasteiger partial charge on any atom is 0.249 e. The fourth-order valence-corrected chi connectivity index (χ4v) is 3.32. The second-order valence-corrected chi connectivity index (χ2v) is 5.89. The van der Waals surface area contributed by atoms with Crippen LogP contribution in [-0.2, 0) is 0 Å². The van der Waals surface area contributed by atoms with Gasteiger partial charge >= 0.3 is 0 Å². The Morgan fingerprint density at radius 1 is 1.32 bits per heavy atom. The molecule has 2 aromatic heterocycles. The van der Waals surface area contributed by atoms with Crippen LogP contribution < -0.4 is 5.56 Å². The van der Waals surface area contributed by atoms with Gasteiger partial charge in [0.2, 0.25) is 5.56 Å². The third kappa shape index (κ3) is 2.27. The summed E-state index contributed by atoms with van der Waals surface area (Å²) < 4.78 is 0. The lowest BCUT2D eigenvalue weighted by atomic mass is 9.98. The van der Waals surface area contributed by atoms with Crippen LogP contribution in [0.25, 0.3) is 11.0 Å². The van der Waals surface area contributed by atoms with E-state index in [2.05, 4.69) is 9.97 Å². The molecule has 1 aliphatic carbocycles. The quantitative estimate of drug-likeness (QED) is 0.676. The van der Waals surface area contributed by atoms with E-state index < -0.39 is 0 Å². The largest absolute Gasteiger partial charge is 0.306 e. The molecule has 2 aromatic rings. The number of hydrogen-bond acceptors (Lipinski definition) is 4. The maximum absolute atomic E-state index is 11.6. The molecule has 0 atom stereocenters. The Balaban J connectivity index is 2.30. The molecule has 1 aliphatic rings. The van der Waals surface area contributed by atoms with E-state index >= 15 is 0 Å². The number of aromatic nitrogens is 3. The van der Waals surface area contributed by atoms with Crippen LogP contribution in [-0.4, -0.2) is 21.2 Å². The number of H-pyrrole nitrogens is 1. The molecule has 0 unspecified atom stereocenters. The lowest BCUT2D eigenvalue weighted by Crippen LogP contribution is -2.10. The Morgan fingerprint density at radius 2 is 2.05 bits per heavy atom. The summed E-state index contributed by atoms with van der Waals surface area (Å²) in [5.74, 6) is 0.515. The van der Waals surface area contributed by atoms with Crippen molar-refractivity contribution in [3.63, 3.8) is 0 Å². The number of nitrogens with zero attached hydrogens (tertiary/aromatic N) is 2. The van der Waals surface area contributed by atoms with Gasteiger partial charge < -0.3 is 4.98 Å². The van der Waals surface area contributed by atoms with E-state index in [0.717, 1.165) is 21.8 Å². The second-order valence-electron chi connectivity index (χ2n) is 5.12. The molecule has 0 aromatic carbocycles. The summed E-state index contributed by atoms with van der Waals surface area (Å²) in [5.41, 5.74) is 2.70. The van der Waals surface area contributed by atoms with Crippen LogP contribution >= 0.6 is 11.8 Å². The molecule has 2 heterocycles. The van der Waals surface area contributed by atoms with E-state index in [4.69, 9.17) is 4.98 Å². The first-order valence-corrected chi connectivity index (χ1v) is 7.87. The number of rotatable bonds is 2. The van der Waals surface area contributed by atoms with Gasteiger partial charge in [-0.05, 0) is 31.6 Å². The van der Waals surface area contributed by atoms with Gasteiger partial charge in [0.25, 0.3) is 0 Å². The Morgan fingerprint density at radius 3 is 2.74 bits per heavy atom. The number of nitrogens with one attached hydrogen (secondary N) is 1. The van der Waals surface area contributed by atoms with E-state index in [1.807, 2.05) is 13.2 Å². The smallest absolute Gasteiger partial charge is 0.249 e. The summed E-state index contributed by atoms with van der Waals surface area (Å²) in [4.78, 5) is 23.6. The summed E-state index contributed by atoms with van der Waals surface area (Å²) in [6.45, 7) is 1.97. The van der Waals surface area contributed by atoms with Crippen LogP contribution in [0.3, 0.4) is 0 Å². The summed E-state index contributed by atoms with van der Waals surface area (Å²) in [6.07, 6.45) is 6.89. The van der Waals surface area contributed by atoms with Crippen LogP contribution in [0, 0.1) is 6.92 Å². The normalized spacial score (nSPS) is 16.3. The van der Waals surface area contributed by atoms with Crippen molar-refractivity contribution in [3.8, 4) is 0 Å². The third-order valence-corrected chi connectivity index (χ3v) is 4.37. The van der Waals surface area contributed by atoms with Crippen LogP contribution in [0.2, 0.25) is 0 Å². The second kappa shape index (κ2) is 4.96. The SMILES string of the molecule is CSc1nc(C2CCCC2)c2c(C)cc(=O)[nH]c2n1. The lowest BCUT2D eigenvalue weighted by Gasteiger charge is -2.14. The summed E-state index contributed by atoms with van der Waals surface area (Å²) in [7, 11) is 0. The fraction of sp³-hybridized carbons (Fsp3) is 0.500. The topological polar surface area (TPSA) is 58.6 Å². The molecule has 4 nitrogen and oxygen atoms in total. The molecule has 1 saturated carbocycles. The van der Waals surface area contributed by atoms with Crippen molar-refractivity contribution in [2.24, 2.45) is 0 Å². The van der Waals surface area contributed by atoms with Crippen LogP contribution in [0.15, 0.2) is 16.0 Å². The molecule has 5 heteroatoms. The number of hydrogen-bond donors (Lipinski definition) is 1. The summed E-state index contributed by atoms with van der Waals surface area (Å²) in [5, 5.41) is 1.79. The average Bonchev–Trinajstić information content (AvgIpc) is 2.90. The van der Waals surface area contributed by atoms with Gasteiger partial charge in [-0.3, -0.25) is 4.79 Å². The van der Waals surface area contributed by atoms with Crippen molar-refractivity contribution >= 4 is 22.8 Å². The van der Waals surface area contributed by atoms with Gasteiger partial charge in [-0.15, -0.1) is 0 Å². The molecule has 0 amide bonds. The van der Waals surface area contributed by atoms with E-state index in [1.165, 1.54) is 37.4 Å². The molecule has 1 N–H and O–H groups in total. The first kappa shape index (κ1) is 12.7. The van der Waals surface area contributed by atoms with Crippen LogP contribution in [0.4, 0.5) is 0 Å². The lowest BCUT2D eigenvalue weighted by molar-refractivity contribution is 0.688. The number of thioether (sulfide) groups is 1. The van der Waals surface area contributed by atoms with Crippen LogP contribution in [0.5, 0.6) is 0 Å². The van der Waals surface area contributed by atoms with Gasteiger partial charge in [0, 0.05) is 17.4 Å². The minimum Gasteiger partial charge on any atom is -0.306 e. The predicted molar refractivity (Wildman–Crippen MR) is 77.9 cm³/mol.